The summed E-state index contributed by atoms with van der Waals surface area (Å²) >= 11 is 0. The highest BCUT2D eigenvalue weighted by Crippen LogP contribution is 2.34. The van der Waals surface area contributed by atoms with Crippen LogP contribution in [0.4, 0.5) is 9.18 Å². The molecular weight excluding hydrogens is 451 g/mol. The van der Waals surface area contributed by atoms with Crippen LogP contribution >= 0.6 is 0 Å². The number of aryl methyl sites for hydroxylation is 1. The van der Waals surface area contributed by atoms with Gasteiger partial charge in [-0.25, -0.2) is 14.2 Å². The van der Waals surface area contributed by atoms with Crippen LogP contribution in [0.1, 0.15) is 41.8 Å². The number of halogens is 1. The van der Waals surface area contributed by atoms with Crippen molar-refractivity contribution in [3.8, 4) is 0 Å². The number of rotatable bonds is 5. The Morgan fingerprint density at radius 2 is 1.86 bits per heavy atom. The molecule has 2 aliphatic rings. The number of hydrogen-bond donors (Lipinski definition) is 1. The average Bonchev–Trinajstić information content (AvgIpc) is 3.56. The van der Waals surface area contributed by atoms with E-state index in [2.05, 4.69) is 10.4 Å². The minimum absolute atomic E-state index is 0.418. The summed E-state index contributed by atoms with van der Waals surface area (Å²) in [6, 6.07) is 15.4. The Bertz CT molecular complexity index is 1320. The van der Waals surface area contributed by atoms with Gasteiger partial charge in [0.05, 0.1) is 12.0 Å². The molecule has 0 radical (unpaired) electrons. The third-order valence-corrected chi connectivity index (χ3v) is 6.41. The van der Waals surface area contributed by atoms with Gasteiger partial charge in [-0.3, -0.25) is 14.5 Å². The number of hydrazone groups is 1. The number of nitrogens with zero attached hydrogens (tertiary/aromatic N) is 3. The number of urea groups is 1. The molecule has 4 amide bonds. The van der Waals surface area contributed by atoms with E-state index < -0.39 is 41.8 Å². The molecule has 8 nitrogen and oxygen atoms in total. The van der Waals surface area contributed by atoms with Gasteiger partial charge in [-0.15, -0.1) is 0 Å². The van der Waals surface area contributed by atoms with Gasteiger partial charge < -0.3 is 9.73 Å². The van der Waals surface area contributed by atoms with E-state index in [1.807, 2.05) is 31.2 Å². The molecule has 2 unspecified atom stereocenters. The van der Waals surface area contributed by atoms with Crippen molar-refractivity contribution in [3.05, 3.63) is 95.2 Å². The molecule has 2 aromatic carbocycles. The Morgan fingerprint density at radius 1 is 1.14 bits per heavy atom. The third kappa shape index (κ3) is 3.99. The van der Waals surface area contributed by atoms with Gasteiger partial charge in [0.2, 0.25) is 0 Å². The Hall–Kier alpha value is -4.27. The predicted molar refractivity (Wildman–Crippen MR) is 125 cm³/mol. The number of imide groups is 1. The van der Waals surface area contributed by atoms with Gasteiger partial charge in [-0.2, -0.15) is 5.10 Å². The van der Waals surface area contributed by atoms with Crippen molar-refractivity contribution < 1.29 is 23.2 Å². The minimum Gasteiger partial charge on any atom is -0.467 e. The number of amides is 4. The first kappa shape index (κ1) is 22.5. The highest BCUT2D eigenvalue weighted by Gasteiger charge is 2.50. The summed E-state index contributed by atoms with van der Waals surface area (Å²) in [4.78, 5) is 40.2. The highest BCUT2D eigenvalue weighted by molar-refractivity contribution is 6.09. The lowest BCUT2D eigenvalue weighted by Gasteiger charge is -2.24. The van der Waals surface area contributed by atoms with Crippen LogP contribution in [-0.4, -0.2) is 40.0 Å². The quantitative estimate of drug-likeness (QED) is 0.568. The lowest BCUT2D eigenvalue weighted by atomic mass is 9.92. The highest BCUT2D eigenvalue weighted by atomic mass is 19.1. The summed E-state index contributed by atoms with van der Waals surface area (Å²) in [7, 11) is 0. The van der Waals surface area contributed by atoms with E-state index in [4.69, 9.17) is 4.42 Å². The molecule has 0 saturated carbocycles. The first-order valence-corrected chi connectivity index (χ1v) is 11.2. The van der Waals surface area contributed by atoms with Gasteiger partial charge in [-0.1, -0.05) is 42.0 Å². The van der Waals surface area contributed by atoms with Crippen LogP contribution in [0.5, 0.6) is 0 Å². The van der Waals surface area contributed by atoms with Crippen molar-refractivity contribution in [2.45, 2.75) is 31.8 Å². The molecule has 1 fully saturated rings. The van der Waals surface area contributed by atoms with E-state index in [1.165, 1.54) is 42.5 Å². The van der Waals surface area contributed by atoms with Crippen LogP contribution in [0, 0.1) is 12.7 Å². The molecule has 3 aromatic rings. The summed E-state index contributed by atoms with van der Waals surface area (Å²) in [6.45, 7) is 3.02. The Kier molecular flexibility index (Phi) is 5.47. The van der Waals surface area contributed by atoms with Crippen LogP contribution in [0.3, 0.4) is 0 Å². The second-order valence-electron chi connectivity index (χ2n) is 8.84. The molecule has 1 saturated heterocycles. The fourth-order valence-corrected chi connectivity index (χ4v) is 4.39. The van der Waals surface area contributed by atoms with Gasteiger partial charge in [0.1, 0.15) is 29.7 Å². The Balaban J connectivity index is 1.40. The van der Waals surface area contributed by atoms with E-state index in [-0.39, 0.29) is 0 Å². The van der Waals surface area contributed by atoms with Crippen molar-refractivity contribution in [1.82, 2.24) is 15.2 Å². The smallest absolute Gasteiger partial charge is 0.325 e. The molecule has 3 heterocycles. The molecule has 1 N–H and O–H groups in total. The summed E-state index contributed by atoms with van der Waals surface area (Å²) in [5.74, 6) is -1.03. The molecule has 0 bridgehead atoms. The van der Waals surface area contributed by atoms with Crippen LogP contribution in [0.25, 0.3) is 0 Å². The molecule has 2 aliphatic heterocycles. The van der Waals surface area contributed by atoms with Crippen molar-refractivity contribution in [2.24, 2.45) is 5.10 Å². The Morgan fingerprint density at radius 3 is 2.51 bits per heavy atom. The van der Waals surface area contributed by atoms with Crippen molar-refractivity contribution in [3.63, 3.8) is 0 Å². The molecule has 35 heavy (non-hydrogen) atoms. The normalized spacial score (nSPS) is 21.9. The predicted octanol–water partition coefficient (Wildman–Crippen LogP) is 3.87. The summed E-state index contributed by atoms with van der Waals surface area (Å²) in [5.41, 5.74) is 1.69. The van der Waals surface area contributed by atoms with E-state index in [1.54, 1.807) is 12.1 Å². The van der Waals surface area contributed by atoms with Crippen molar-refractivity contribution in [2.75, 3.05) is 6.54 Å². The molecule has 0 aliphatic carbocycles. The maximum Gasteiger partial charge on any atom is 0.325 e. The van der Waals surface area contributed by atoms with Gasteiger partial charge in [0, 0.05) is 6.42 Å². The molecule has 9 heteroatoms. The van der Waals surface area contributed by atoms with E-state index >= 15 is 0 Å². The number of furan rings is 1. The zero-order valence-electron chi connectivity index (χ0n) is 19.2. The number of benzene rings is 2. The number of carbonyl (C=O) groups excluding carboxylic acids is 3. The average molecular weight is 474 g/mol. The van der Waals surface area contributed by atoms with Crippen LogP contribution < -0.4 is 5.32 Å². The van der Waals surface area contributed by atoms with Gasteiger partial charge in [0.25, 0.3) is 11.8 Å². The summed E-state index contributed by atoms with van der Waals surface area (Å²) in [6.07, 6.45) is 1.95. The number of carbonyl (C=O) groups is 3. The standard InChI is InChI=1S/C26H23FN4O4/c1-16-5-7-17(8-6-16)20-14-21(22-4-3-13-35-22)31(29-20)23(32)15-30-24(33)26(2,28-25(30)34)18-9-11-19(27)12-10-18/h3-13,21H,14-15H2,1-2H3,(H,28,34). The number of nitrogens with one attached hydrogen (secondary N) is 1. The van der Waals surface area contributed by atoms with Gasteiger partial charge in [-0.05, 0) is 49.2 Å². The summed E-state index contributed by atoms with van der Waals surface area (Å²) in [5, 5.41) is 8.46. The topological polar surface area (TPSA) is 95.2 Å². The van der Waals surface area contributed by atoms with Crippen LogP contribution in [-0.2, 0) is 15.1 Å². The first-order valence-electron chi connectivity index (χ1n) is 11.2. The molecular formula is C26H23FN4O4. The van der Waals surface area contributed by atoms with Gasteiger partial charge >= 0.3 is 6.03 Å². The SMILES string of the molecule is Cc1ccc(C2=NN(C(=O)CN3C(=O)NC(C)(c4ccc(F)cc4)C3=O)C(c3ccco3)C2)cc1. The van der Waals surface area contributed by atoms with E-state index in [9.17, 15) is 18.8 Å². The lowest BCUT2D eigenvalue weighted by molar-refractivity contribution is -0.140. The zero-order valence-corrected chi connectivity index (χ0v) is 19.2. The maximum absolute atomic E-state index is 13.4. The second kappa shape index (κ2) is 8.50. The Labute approximate surface area is 201 Å². The van der Waals surface area contributed by atoms with Crippen LogP contribution in [0.15, 0.2) is 76.4 Å². The third-order valence-electron chi connectivity index (χ3n) is 6.41. The molecule has 178 valence electrons. The maximum atomic E-state index is 13.4. The monoisotopic (exact) mass is 474 g/mol. The summed E-state index contributed by atoms with van der Waals surface area (Å²) < 4.78 is 18.9. The zero-order chi connectivity index (χ0) is 24.7. The minimum atomic E-state index is -1.41. The van der Waals surface area contributed by atoms with E-state index in [0.29, 0.717) is 23.5 Å². The van der Waals surface area contributed by atoms with Crippen LogP contribution in [0.2, 0.25) is 0 Å². The fraction of sp³-hybridized carbons (Fsp3) is 0.231. The molecule has 5 rings (SSSR count). The van der Waals surface area contributed by atoms with Gasteiger partial charge in [0.15, 0.2) is 0 Å². The van der Waals surface area contributed by atoms with Crippen molar-refractivity contribution >= 4 is 23.6 Å². The van der Waals surface area contributed by atoms with Crippen molar-refractivity contribution in [1.29, 1.82) is 0 Å². The second-order valence-corrected chi connectivity index (χ2v) is 8.84. The fourth-order valence-electron chi connectivity index (χ4n) is 4.39. The molecule has 0 spiro atoms. The number of hydrogen-bond acceptors (Lipinski definition) is 5. The largest absolute Gasteiger partial charge is 0.467 e. The lowest BCUT2D eigenvalue weighted by Crippen LogP contribution is -2.43. The first-order chi connectivity index (χ1) is 16.8. The molecule has 1 aromatic heterocycles. The van der Waals surface area contributed by atoms with E-state index in [0.717, 1.165) is 16.0 Å². The molecule has 2 atom stereocenters.